The number of sulfonamides is 1. The standard InChI is InChI=1S/C14H22ClN3O2S/c15-7-9-17-11-13(10-16-17)21(19,20)18-8-3-5-12-4-1-2-6-14(12)18/h10-12,14H,1-9H2. The van der Waals surface area contributed by atoms with E-state index in [9.17, 15) is 8.42 Å². The molecule has 2 heterocycles. The van der Waals surface area contributed by atoms with Crippen LogP contribution < -0.4 is 0 Å². The lowest BCUT2D eigenvalue weighted by Gasteiger charge is -2.42. The summed E-state index contributed by atoms with van der Waals surface area (Å²) in [5, 5.41) is 4.10. The van der Waals surface area contributed by atoms with Crippen LogP contribution in [-0.2, 0) is 16.6 Å². The lowest BCUT2D eigenvalue weighted by Crippen LogP contribution is -2.49. The van der Waals surface area contributed by atoms with Crippen molar-refractivity contribution in [2.45, 2.75) is 56.0 Å². The Morgan fingerprint density at radius 1 is 1.24 bits per heavy atom. The number of alkyl halides is 1. The molecule has 0 spiro atoms. The number of aromatic nitrogens is 2. The molecule has 1 saturated heterocycles. The van der Waals surface area contributed by atoms with Crippen LogP contribution in [-0.4, -0.2) is 41.0 Å². The van der Waals surface area contributed by atoms with Gasteiger partial charge in [-0.1, -0.05) is 12.8 Å². The van der Waals surface area contributed by atoms with Crippen molar-refractivity contribution in [1.29, 1.82) is 0 Å². The highest BCUT2D eigenvalue weighted by Crippen LogP contribution is 2.37. The molecule has 21 heavy (non-hydrogen) atoms. The van der Waals surface area contributed by atoms with E-state index in [0.717, 1.165) is 19.3 Å². The number of piperidine rings is 1. The number of hydrogen-bond donors (Lipinski definition) is 0. The molecule has 0 bridgehead atoms. The SMILES string of the molecule is O=S(=O)(c1cnn(CCCl)c1)N1CCCC2CCCCC21. The average molecular weight is 332 g/mol. The molecule has 0 aromatic carbocycles. The number of nitrogens with zero attached hydrogens (tertiary/aromatic N) is 3. The highest BCUT2D eigenvalue weighted by molar-refractivity contribution is 7.89. The molecule has 1 aliphatic carbocycles. The zero-order chi connectivity index (χ0) is 14.9. The van der Waals surface area contributed by atoms with Gasteiger partial charge < -0.3 is 0 Å². The number of fused-ring (bicyclic) bond motifs is 1. The van der Waals surface area contributed by atoms with Gasteiger partial charge in [0.25, 0.3) is 0 Å². The van der Waals surface area contributed by atoms with Crippen LogP contribution >= 0.6 is 11.6 Å². The largest absolute Gasteiger partial charge is 0.270 e. The molecule has 2 fully saturated rings. The Balaban J connectivity index is 1.85. The summed E-state index contributed by atoms with van der Waals surface area (Å²) in [6, 6.07) is 0.189. The van der Waals surface area contributed by atoms with Gasteiger partial charge in [-0.15, -0.1) is 11.6 Å². The van der Waals surface area contributed by atoms with Crippen LogP contribution in [0.15, 0.2) is 17.3 Å². The van der Waals surface area contributed by atoms with Crippen molar-refractivity contribution >= 4 is 21.6 Å². The summed E-state index contributed by atoms with van der Waals surface area (Å²) >= 11 is 5.68. The van der Waals surface area contributed by atoms with Gasteiger partial charge in [0.05, 0.1) is 12.7 Å². The molecule has 3 rings (SSSR count). The van der Waals surface area contributed by atoms with Crippen molar-refractivity contribution in [2.24, 2.45) is 5.92 Å². The fourth-order valence-corrected chi connectivity index (χ4v) is 5.58. The first-order chi connectivity index (χ1) is 10.1. The Kier molecular flexibility index (Phi) is 4.57. The van der Waals surface area contributed by atoms with Gasteiger partial charge in [-0.3, -0.25) is 4.68 Å². The molecular formula is C14H22ClN3O2S. The molecule has 1 aromatic heterocycles. The van der Waals surface area contributed by atoms with Crippen LogP contribution in [0.25, 0.3) is 0 Å². The Morgan fingerprint density at radius 2 is 2.00 bits per heavy atom. The van der Waals surface area contributed by atoms with Gasteiger partial charge >= 0.3 is 0 Å². The summed E-state index contributed by atoms with van der Waals surface area (Å²) in [5.74, 6) is 0.968. The third kappa shape index (κ3) is 2.98. The first-order valence-electron chi connectivity index (χ1n) is 7.73. The summed E-state index contributed by atoms with van der Waals surface area (Å²) in [7, 11) is -3.42. The lowest BCUT2D eigenvalue weighted by atomic mass is 9.79. The minimum atomic E-state index is -3.42. The molecule has 1 saturated carbocycles. The van der Waals surface area contributed by atoms with Crippen LogP contribution in [0.4, 0.5) is 0 Å². The van der Waals surface area contributed by atoms with E-state index in [0.29, 0.717) is 29.8 Å². The maximum Gasteiger partial charge on any atom is 0.246 e. The molecule has 1 aliphatic heterocycles. The summed E-state index contributed by atoms with van der Waals surface area (Å²) < 4.78 is 29.1. The van der Waals surface area contributed by atoms with E-state index in [1.165, 1.54) is 25.5 Å². The van der Waals surface area contributed by atoms with E-state index < -0.39 is 10.0 Å². The Morgan fingerprint density at radius 3 is 2.81 bits per heavy atom. The molecule has 2 unspecified atom stereocenters. The molecule has 118 valence electrons. The summed E-state index contributed by atoms with van der Waals surface area (Å²) in [5.41, 5.74) is 0. The zero-order valence-electron chi connectivity index (χ0n) is 12.1. The average Bonchev–Trinajstić information content (AvgIpc) is 2.96. The summed E-state index contributed by atoms with van der Waals surface area (Å²) in [6.45, 7) is 1.17. The first kappa shape index (κ1) is 15.3. The highest BCUT2D eigenvalue weighted by atomic mass is 35.5. The number of aryl methyl sites for hydroxylation is 1. The van der Waals surface area contributed by atoms with E-state index in [1.54, 1.807) is 15.2 Å². The number of rotatable bonds is 4. The monoisotopic (exact) mass is 331 g/mol. The molecule has 7 heteroatoms. The molecule has 0 amide bonds. The van der Waals surface area contributed by atoms with Crippen LogP contribution in [0, 0.1) is 5.92 Å². The first-order valence-corrected chi connectivity index (χ1v) is 9.70. The predicted molar refractivity (Wildman–Crippen MR) is 81.8 cm³/mol. The fourth-order valence-electron chi connectivity index (χ4n) is 3.70. The van der Waals surface area contributed by atoms with Gasteiger partial charge in [0.2, 0.25) is 10.0 Å². The molecule has 0 N–H and O–H groups in total. The third-order valence-corrected chi connectivity index (χ3v) is 6.77. The van der Waals surface area contributed by atoms with E-state index in [4.69, 9.17) is 11.6 Å². The van der Waals surface area contributed by atoms with Gasteiger partial charge in [0.1, 0.15) is 4.90 Å². The van der Waals surface area contributed by atoms with E-state index in [1.807, 2.05) is 0 Å². The maximum absolute atomic E-state index is 12.9. The molecule has 1 aromatic rings. The predicted octanol–water partition coefficient (Wildman–Crippen LogP) is 2.47. The van der Waals surface area contributed by atoms with E-state index in [-0.39, 0.29) is 6.04 Å². The van der Waals surface area contributed by atoms with Crippen molar-refractivity contribution in [3.8, 4) is 0 Å². The highest BCUT2D eigenvalue weighted by Gasteiger charge is 2.40. The maximum atomic E-state index is 12.9. The molecule has 5 nitrogen and oxygen atoms in total. The second-order valence-electron chi connectivity index (χ2n) is 6.00. The molecule has 2 aliphatic rings. The Bertz CT molecular complexity index is 585. The van der Waals surface area contributed by atoms with E-state index in [2.05, 4.69) is 5.10 Å². The fraction of sp³-hybridized carbons (Fsp3) is 0.786. The number of halogens is 1. The van der Waals surface area contributed by atoms with Gasteiger partial charge in [-0.2, -0.15) is 9.40 Å². The summed E-state index contributed by atoms with van der Waals surface area (Å²) in [6.07, 6.45) is 9.74. The van der Waals surface area contributed by atoms with Crippen molar-refractivity contribution in [3.63, 3.8) is 0 Å². The van der Waals surface area contributed by atoms with Crippen molar-refractivity contribution in [3.05, 3.63) is 12.4 Å². The van der Waals surface area contributed by atoms with Crippen molar-refractivity contribution in [2.75, 3.05) is 12.4 Å². The topological polar surface area (TPSA) is 55.2 Å². The molecular weight excluding hydrogens is 310 g/mol. The Hall–Kier alpha value is -0.590. The third-order valence-electron chi connectivity index (χ3n) is 4.72. The minimum Gasteiger partial charge on any atom is -0.270 e. The van der Waals surface area contributed by atoms with Crippen LogP contribution in [0.2, 0.25) is 0 Å². The summed E-state index contributed by atoms with van der Waals surface area (Å²) in [4.78, 5) is 0.304. The molecule has 2 atom stereocenters. The smallest absolute Gasteiger partial charge is 0.246 e. The van der Waals surface area contributed by atoms with Gasteiger partial charge in [0, 0.05) is 24.7 Å². The van der Waals surface area contributed by atoms with Gasteiger partial charge in [0.15, 0.2) is 0 Å². The van der Waals surface area contributed by atoms with Crippen molar-refractivity contribution in [1.82, 2.24) is 14.1 Å². The Labute approximate surface area is 131 Å². The van der Waals surface area contributed by atoms with E-state index >= 15 is 0 Å². The van der Waals surface area contributed by atoms with Crippen LogP contribution in [0.3, 0.4) is 0 Å². The zero-order valence-corrected chi connectivity index (χ0v) is 13.7. The second-order valence-corrected chi connectivity index (χ2v) is 8.27. The lowest BCUT2D eigenvalue weighted by molar-refractivity contribution is 0.129. The van der Waals surface area contributed by atoms with Crippen LogP contribution in [0.5, 0.6) is 0 Å². The number of hydrogen-bond acceptors (Lipinski definition) is 3. The van der Waals surface area contributed by atoms with Gasteiger partial charge in [-0.05, 0) is 31.6 Å². The second kappa shape index (κ2) is 6.26. The van der Waals surface area contributed by atoms with Crippen LogP contribution in [0.1, 0.15) is 38.5 Å². The normalized spacial score (nSPS) is 27.5. The van der Waals surface area contributed by atoms with Gasteiger partial charge in [-0.25, -0.2) is 8.42 Å². The minimum absolute atomic E-state index is 0.189. The van der Waals surface area contributed by atoms with Crippen molar-refractivity contribution < 1.29 is 8.42 Å². The quantitative estimate of drug-likeness (QED) is 0.796. The molecule has 0 radical (unpaired) electrons.